The molecule has 2 saturated heterocycles. The number of allylic oxidation sites excluding steroid dienone is 2. The average molecular weight is 497 g/mol. The Morgan fingerprint density at radius 2 is 1.31 bits per heavy atom. The zero-order valence-electron chi connectivity index (χ0n) is 20.1. The van der Waals surface area contributed by atoms with Crippen LogP contribution in [-0.4, -0.2) is 19.3 Å². The second kappa shape index (κ2) is 10.6. The summed E-state index contributed by atoms with van der Waals surface area (Å²) in [6.45, 7) is 2.74. The van der Waals surface area contributed by atoms with E-state index in [0.717, 1.165) is 25.7 Å². The average Bonchev–Trinajstić information content (AvgIpc) is 3.74. The smallest absolute Gasteiger partial charge is 0.167 e. The molecule has 0 spiro atoms. The molecule has 2 aliphatic rings. The van der Waals surface area contributed by atoms with Crippen molar-refractivity contribution < 1.29 is 27.0 Å². The molecule has 3 aromatic rings. The Labute approximate surface area is 208 Å². The Bertz CT molecular complexity index is 1260. The summed E-state index contributed by atoms with van der Waals surface area (Å²) in [6, 6.07) is 12.6. The van der Waals surface area contributed by atoms with Crippen LogP contribution >= 0.6 is 0 Å². The van der Waals surface area contributed by atoms with E-state index in [-0.39, 0.29) is 34.8 Å². The van der Waals surface area contributed by atoms with Gasteiger partial charge in [-0.15, -0.1) is 0 Å². The van der Waals surface area contributed by atoms with Crippen molar-refractivity contribution in [3.05, 3.63) is 95.1 Å². The van der Waals surface area contributed by atoms with Gasteiger partial charge in [-0.25, -0.2) is 17.6 Å². The predicted octanol–water partition coefficient (Wildman–Crippen LogP) is 8.27. The standard InChI is InChI=1S/C30H28F4O2/c1-2-3-4-5-21-11-10-20(16-35-21)24-13-12-22(27(31)29(24)33)18-6-8-19(9-7-18)23-14-15-25(26-17-36-26)30(34)28(23)32/h2-3,6-9,12-15,20-21,26H,4-5,10-11,16-17H2,1H3/b3-2+. The van der Waals surface area contributed by atoms with Crippen molar-refractivity contribution >= 4 is 0 Å². The van der Waals surface area contributed by atoms with E-state index < -0.39 is 23.3 Å². The van der Waals surface area contributed by atoms with Gasteiger partial charge in [0.05, 0.1) is 19.3 Å². The van der Waals surface area contributed by atoms with E-state index in [0.29, 0.717) is 29.9 Å². The molecule has 2 aliphatic heterocycles. The van der Waals surface area contributed by atoms with Gasteiger partial charge in [-0.1, -0.05) is 60.7 Å². The Balaban J connectivity index is 1.32. The van der Waals surface area contributed by atoms with Crippen molar-refractivity contribution in [1.29, 1.82) is 0 Å². The lowest BCUT2D eigenvalue weighted by Gasteiger charge is -2.29. The number of ether oxygens (including phenoxy) is 2. The van der Waals surface area contributed by atoms with E-state index in [2.05, 4.69) is 6.08 Å². The molecule has 0 aromatic heterocycles. The molecule has 3 atom stereocenters. The fourth-order valence-corrected chi connectivity index (χ4v) is 4.92. The first-order valence-electron chi connectivity index (χ1n) is 12.4. The van der Waals surface area contributed by atoms with Crippen molar-refractivity contribution in [2.75, 3.05) is 13.2 Å². The van der Waals surface area contributed by atoms with E-state index in [1.165, 1.54) is 12.1 Å². The Morgan fingerprint density at radius 1 is 0.722 bits per heavy atom. The summed E-state index contributed by atoms with van der Waals surface area (Å²) in [5.74, 6) is -3.82. The van der Waals surface area contributed by atoms with Gasteiger partial charge >= 0.3 is 0 Å². The molecule has 188 valence electrons. The Morgan fingerprint density at radius 3 is 1.83 bits per heavy atom. The molecule has 0 radical (unpaired) electrons. The van der Waals surface area contributed by atoms with Crippen LogP contribution in [0.3, 0.4) is 0 Å². The zero-order chi connectivity index (χ0) is 25.2. The molecule has 0 saturated carbocycles. The largest absolute Gasteiger partial charge is 0.378 e. The zero-order valence-corrected chi connectivity index (χ0v) is 20.1. The van der Waals surface area contributed by atoms with Crippen LogP contribution < -0.4 is 0 Å². The van der Waals surface area contributed by atoms with Crippen molar-refractivity contribution in [3.8, 4) is 22.3 Å². The molecule has 2 nitrogen and oxygen atoms in total. The van der Waals surface area contributed by atoms with Crippen molar-refractivity contribution in [2.45, 2.75) is 50.7 Å². The highest BCUT2D eigenvalue weighted by Crippen LogP contribution is 2.38. The maximum Gasteiger partial charge on any atom is 0.167 e. The third kappa shape index (κ3) is 4.97. The molecule has 3 unspecified atom stereocenters. The minimum absolute atomic E-state index is 0.103. The van der Waals surface area contributed by atoms with Crippen molar-refractivity contribution in [1.82, 2.24) is 0 Å². The first kappa shape index (κ1) is 24.7. The normalized spacial score (nSPS) is 21.8. The van der Waals surface area contributed by atoms with Crippen LogP contribution in [0.15, 0.2) is 60.7 Å². The highest BCUT2D eigenvalue weighted by molar-refractivity contribution is 5.71. The molecule has 36 heavy (non-hydrogen) atoms. The molecule has 2 heterocycles. The quantitative estimate of drug-likeness (QED) is 0.187. The lowest BCUT2D eigenvalue weighted by Crippen LogP contribution is -2.25. The fraction of sp³-hybridized carbons (Fsp3) is 0.333. The second-order valence-corrected chi connectivity index (χ2v) is 9.44. The molecule has 3 aromatic carbocycles. The third-order valence-corrected chi connectivity index (χ3v) is 7.11. The van der Waals surface area contributed by atoms with Gasteiger partial charge in [0.1, 0.15) is 6.10 Å². The van der Waals surface area contributed by atoms with Crippen LogP contribution in [0, 0.1) is 23.3 Å². The van der Waals surface area contributed by atoms with E-state index in [9.17, 15) is 8.78 Å². The van der Waals surface area contributed by atoms with Gasteiger partial charge in [0.2, 0.25) is 0 Å². The van der Waals surface area contributed by atoms with Gasteiger partial charge in [0.15, 0.2) is 23.3 Å². The van der Waals surface area contributed by atoms with Crippen LogP contribution in [0.2, 0.25) is 0 Å². The van der Waals surface area contributed by atoms with Crippen LogP contribution in [0.4, 0.5) is 17.6 Å². The lowest BCUT2D eigenvalue weighted by molar-refractivity contribution is -0.000894. The molecule has 0 aliphatic carbocycles. The lowest BCUT2D eigenvalue weighted by atomic mass is 9.88. The van der Waals surface area contributed by atoms with Crippen molar-refractivity contribution in [3.63, 3.8) is 0 Å². The number of hydrogen-bond donors (Lipinski definition) is 0. The fourth-order valence-electron chi connectivity index (χ4n) is 4.92. The summed E-state index contributed by atoms with van der Waals surface area (Å²) >= 11 is 0. The van der Waals surface area contributed by atoms with E-state index in [1.54, 1.807) is 36.4 Å². The second-order valence-electron chi connectivity index (χ2n) is 9.44. The molecule has 0 amide bonds. The summed E-state index contributed by atoms with van der Waals surface area (Å²) in [6.07, 6.45) is 7.32. The number of benzene rings is 3. The van der Waals surface area contributed by atoms with E-state index >= 15 is 8.78 Å². The Hall–Kier alpha value is -2.96. The highest BCUT2D eigenvalue weighted by atomic mass is 19.2. The molecule has 2 fully saturated rings. The minimum Gasteiger partial charge on any atom is -0.378 e. The predicted molar refractivity (Wildman–Crippen MR) is 132 cm³/mol. The van der Waals surface area contributed by atoms with Gasteiger partial charge in [0.25, 0.3) is 0 Å². The maximum atomic E-state index is 15.1. The van der Waals surface area contributed by atoms with Gasteiger partial charge in [0, 0.05) is 22.6 Å². The first-order chi connectivity index (χ1) is 17.5. The minimum atomic E-state index is -0.948. The number of epoxide rings is 1. The van der Waals surface area contributed by atoms with Gasteiger partial charge in [-0.2, -0.15) is 0 Å². The Kier molecular flexibility index (Phi) is 7.26. The number of hydrogen-bond acceptors (Lipinski definition) is 2. The van der Waals surface area contributed by atoms with Crippen LogP contribution in [-0.2, 0) is 9.47 Å². The van der Waals surface area contributed by atoms with Gasteiger partial charge < -0.3 is 9.47 Å². The maximum absolute atomic E-state index is 15.1. The van der Waals surface area contributed by atoms with Crippen LogP contribution in [0.1, 0.15) is 55.8 Å². The molecular weight excluding hydrogens is 468 g/mol. The molecular formula is C30H28F4O2. The van der Waals surface area contributed by atoms with Crippen LogP contribution in [0.5, 0.6) is 0 Å². The van der Waals surface area contributed by atoms with Crippen LogP contribution in [0.25, 0.3) is 22.3 Å². The highest BCUT2D eigenvalue weighted by Gasteiger charge is 2.30. The number of halogens is 4. The summed E-state index contributed by atoms with van der Waals surface area (Å²) < 4.78 is 70.2. The molecule has 6 heteroatoms. The van der Waals surface area contributed by atoms with Gasteiger partial charge in [-0.3, -0.25) is 0 Å². The first-order valence-corrected chi connectivity index (χ1v) is 12.4. The molecule has 0 bridgehead atoms. The number of rotatable bonds is 7. The van der Waals surface area contributed by atoms with E-state index in [1.807, 2.05) is 13.0 Å². The van der Waals surface area contributed by atoms with Gasteiger partial charge in [-0.05, 0) is 49.3 Å². The monoisotopic (exact) mass is 496 g/mol. The summed E-state index contributed by atoms with van der Waals surface area (Å²) in [4.78, 5) is 0. The van der Waals surface area contributed by atoms with Crippen molar-refractivity contribution in [2.24, 2.45) is 0 Å². The summed E-state index contributed by atoms with van der Waals surface area (Å²) in [5.41, 5.74) is 1.66. The SMILES string of the molecule is C/C=C/CCC1CCC(c2ccc(-c3ccc(-c4ccc(C5CO5)c(F)c4F)cc3)c(F)c2F)CO1. The summed E-state index contributed by atoms with van der Waals surface area (Å²) in [5, 5.41) is 0. The molecule has 5 rings (SSSR count). The topological polar surface area (TPSA) is 21.8 Å². The summed E-state index contributed by atoms with van der Waals surface area (Å²) in [7, 11) is 0. The van der Waals surface area contributed by atoms with E-state index in [4.69, 9.17) is 9.47 Å². The third-order valence-electron chi connectivity index (χ3n) is 7.11. The molecule has 0 N–H and O–H groups in total.